The zero-order chi connectivity index (χ0) is 19.8. The van der Waals surface area contributed by atoms with E-state index in [1.807, 2.05) is 55.5 Å². The Morgan fingerprint density at radius 3 is 2.19 bits per heavy atom. The summed E-state index contributed by atoms with van der Waals surface area (Å²) in [6.07, 6.45) is 0.952. The van der Waals surface area contributed by atoms with Gasteiger partial charge in [-0.25, -0.2) is 0 Å². The highest BCUT2D eigenvalue weighted by Crippen LogP contribution is 2.14. The zero-order valence-electron chi connectivity index (χ0n) is 16.5. The van der Waals surface area contributed by atoms with Crippen molar-refractivity contribution in [3.8, 4) is 5.75 Å². The van der Waals surface area contributed by atoms with E-state index in [1.54, 1.807) is 18.9 Å². The molecule has 2 amide bonds. The van der Waals surface area contributed by atoms with Gasteiger partial charge in [-0.1, -0.05) is 48.9 Å². The molecule has 5 nitrogen and oxygen atoms in total. The monoisotopic (exact) mass is 368 g/mol. The predicted octanol–water partition coefficient (Wildman–Crippen LogP) is 3.10. The van der Waals surface area contributed by atoms with Crippen molar-refractivity contribution in [3.63, 3.8) is 0 Å². The summed E-state index contributed by atoms with van der Waals surface area (Å²) >= 11 is 0. The lowest BCUT2D eigenvalue weighted by Crippen LogP contribution is -2.48. The topological polar surface area (TPSA) is 58.6 Å². The second-order valence-corrected chi connectivity index (χ2v) is 6.58. The lowest BCUT2D eigenvalue weighted by atomic mass is 10.1. The van der Waals surface area contributed by atoms with E-state index in [2.05, 4.69) is 12.2 Å². The molecule has 2 aromatic rings. The molecule has 0 spiro atoms. The molecule has 1 N–H and O–H groups in total. The van der Waals surface area contributed by atoms with E-state index in [0.717, 1.165) is 17.5 Å². The molecule has 0 heterocycles. The summed E-state index contributed by atoms with van der Waals surface area (Å²) in [4.78, 5) is 26.4. The van der Waals surface area contributed by atoms with Crippen LogP contribution in [0.5, 0.6) is 5.75 Å². The van der Waals surface area contributed by atoms with E-state index in [-0.39, 0.29) is 18.4 Å². The number of likely N-dealkylation sites (N-methyl/N-ethyl adjacent to an activating group) is 1. The largest absolute Gasteiger partial charge is 0.484 e. The van der Waals surface area contributed by atoms with Crippen LogP contribution < -0.4 is 10.1 Å². The number of hydrogen-bond acceptors (Lipinski definition) is 3. The first-order valence-corrected chi connectivity index (χ1v) is 9.23. The average Bonchev–Trinajstić information content (AvgIpc) is 2.70. The van der Waals surface area contributed by atoms with Gasteiger partial charge in [0, 0.05) is 13.6 Å². The fraction of sp³-hybridized carbons (Fsp3) is 0.364. The fourth-order valence-electron chi connectivity index (χ4n) is 2.73. The van der Waals surface area contributed by atoms with Crippen molar-refractivity contribution in [2.75, 3.05) is 13.7 Å². The van der Waals surface area contributed by atoms with Gasteiger partial charge in [-0.2, -0.15) is 0 Å². The van der Waals surface area contributed by atoms with Gasteiger partial charge in [-0.15, -0.1) is 0 Å². The molecule has 0 aliphatic heterocycles. The van der Waals surface area contributed by atoms with Gasteiger partial charge >= 0.3 is 0 Å². The van der Waals surface area contributed by atoms with E-state index in [4.69, 9.17) is 4.74 Å². The van der Waals surface area contributed by atoms with Crippen LogP contribution in [0, 0.1) is 6.92 Å². The van der Waals surface area contributed by atoms with E-state index in [0.29, 0.717) is 12.3 Å². The lowest BCUT2D eigenvalue weighted by molar-refractivity contribution is -0.142. The molecular weight excluding hydrogens is 340 g/mol. The van der Waals surface area contributed by atoms with E-state index in [9.17, 15) is 9.59 Å². The standard InChI is InChI=1S/C22H28N2O3/c1-5-18-10-12-20(13-11-18)27-15-21(25)24(17(3)22(26)23-4)14-19-8-6-16(2)7-9-19/h6-13,17H,5,14-15H2,1-4H3,(H,23,26)/t17-/m1/s1. The van der Waals surface area contributed by atoms with Crippen LogP contribution in [0.25, 0.3) is 0 Å². The number of nitrogens with zero attached hydrogens (tertiary/aromatic N) is 1. The van der Waals surface area contributed by atoms with Gasteiger partial charge in [0.05, 0.1) is 0 Å². The first kappa shape index (κ1) is 20.5. The Morgan fingerprint density at radius 1 is 1.04 bits per heavy atom. The Hall–Kier alpha value is -2.82. The number of ether oxygens (including phenoxy) is 1. The van der Waals surface area contributed by atoms with Crippen molar-refractivity contribution in [2.24, 2.45) is 0 Å². The molecule has 27 heavy (non-hydrogen) atoms. The van der Waals surface area contributed by atoms with E-state index in [1.165, 1.54) is 5.56 Å². The highest BCUT2D eigenvalue weighted by Gasteiger charge is 2.25. The average molecular weight is 368 g/mol. The molecule has 0 bridgehead atoms. The van der Waals surface area contributed by atoms with Gasteiger partial charge in [0.15, 0.2) is 6.61 Å². The molecule has 144 valence electrons. The molecule has 0 aliphatic carbocycles. The van der Waals surface area contributed by atoms with Gasteiger partial charge in [-0.05, 0) is 43.5 Å². The summed E-state index contributed by atoms with van der Waals surface area (Å²) in [6, 6.07) is 15.0. The number of amides is 2. The number of carbonyl (C=O) groups excluding carboxylic acids is 2. The minimum Gasteiger partial charge on any atom is -0.484 e. The summed E-state index contributed by atoms with van der Waals surface area (Å²) in [5.41, 5.74) is 3.33. The van der Waals surface area contributed by atoms with Gasteiger partial charge in [0.1, 0.15) is 11.8 Å². The zero-order valence-corrected chi connectivity index (χ0v) is 16.5. The molecule has 0 fully saturated rings. The number of hydrogen-bond donors (Lipinski definition) is 1. The van der Waals surface area contributed by atoms with Crippen LogP contribution in [-0.2, 0) is 22.6 Å². The second-order valence-electron chi connectivity index (χ2n) is 6.58. The number of carbonyl (C=O) groups is 2. The smallest absolute Gasteiger partial charge is 0.261 e. The summed E-state index contributed by atoms with van der Waals surface area (Å²) in [5, 5.41) is 2.61. The molecule has 5 heteroatoms. The molecule has 2 aromatic carbocycles. The minimum atomic E-state index is -0.588. The molecule has 0 saturated heterocycles. The Morgan fingerprint density at radius 2 is 1.63 bits per heavy atom. The maximum atomic E-state index is 12.8. The number of aryl methyl sites for hydroxylation is 2. The molecular formula is C22H28N2O3. The van der Waals surface area contributed by atoms with E-state index >= 15 is 0 Å². The van der Waals surface area contributed by atoms with E-state index < -0.39 is 6.04 Å². The van der Waals surface area contributed by atoms with Crippen LogP contribution >= 0.6 is 0 Å². The summed E-state index contributed by atoms with van der Waals surface area (Å²) in [6.45, 7) is 6.06. The maximum Gasteiger partial charge on any atom is 0.261 e. The van der Waals surface area contributed by atoms with Crippen LogP contribution in [0.3, 0.4) is 0 Å². The predicted molar refractivity (Wildman–Crippen MR) is 107 cm³/mol. The molecule has 0 aromatic heterocycles. The van der Waals surface area contributed by atoms with Crippen molar-refractivity contribution in [3.05, 3.63) is 65.2 Å². The number of rotatable bonds is 8. The van der Waals surface area contributed by atoms with Crippen molar-refractivity contribution in [1.82, 2.24) is 10.2 Å². The van der Waals surface area contributed by atoms with Crippen LogP contribution in [0.1, 0.15) is 30.5 Å². The molecule has 0 radical (unpaired) electrons. The highest BCUT2D eigenvalue weighted by molar-refractivity contribution is 5.87. The van der Waals surface area contributed by atoms with Gasteiger partial charge in [0.2, 0.25) is 5.91 Å². The Labute approximate surface area is 161 Å². The summed E-state index contributed by atoms with van der Waals surface area (Å²) in [5.74, 6) is 0.206. The SMILES string of the molecule is CCc1ccc(OCC(=O)N(Cc2ccc(C)cc2)[C@H](C)C(=O)NC)cc1. The van der Waals surface area contributed by atoms with Crippen molar-refractivity contribution < 1.29 is 14.3 Å². The summed E-state index contributed by atoms with van der Waals surface area (Å²) < 4.78 is 5.65. The second kappa shape index (κ2) is 9.76. The van der Waals surface area contributed by atoms with Crippen molar-refractivity contribution in [2.45, 2.75) is 39.8 Å². The summed E-state index contributed by atoms with van der Waals surface area (Å²) in [7, 11) is 1.57. The molecule has 0 saturated carbocycles. The first-order valence-electron chi connectivity index (χ1n) is 9.23. The number of benzene rings is 2. The third-order valence-corrected chi connectivity index (χ3v) is 4.58. The van der Waals surface area contributed by atoms with Crippen LogP contribution in [0.2, 0.25) is 0 Å². The van der Waals surface area contributed by atoms with Gasteiger partial charge in [-0.3, -0.25) is 9.59 Å². The third kappa shape index (κ3) is 5.84. The quantitative estimate of drug-likeness (QED) is 0.779. The highest BCUT2D eigenvalue weighted by atomic mass is 16.5. The Kier molecular flexibility index (Phi) is 7.41. The minimum absolute atomic E-state index is 0.112. The molecule has 2 rings (SSSR count). The number of nitrogens with one attached hydrogen (secondary N) is 1. The lowest BCUT2D eigenvalue weighted by Gasteiger charge is -2.28. The van der Waals surface area contributed by atoms with Crippen LogP contribution in [0.15, 0.2) is 48.5 Å². The first-order chi connectivity index (χ1) is 12.9. The molecule has 1 atom stereocenters. The Bertz CT molecular complexity index is 754. The molecule has 0 unspecified atom stereocenters. The van der Waals surface area contributed by atoms with Gasteiger partial charge in [0.25, 0.3) is 5.91 Å². The van der Waals surface area contributed by atoms with Crippen LogP contribution in [0.4, 0.5) is 0 Å². The molecule has 0 aliphatic rings. The third-order valence-electron chi connectivity index (χ3n) is 4.58. The van der Waals surface area contributed by atoms with Crippen LogP contribution in [-0.4, -0.2) is 36.4 Å². The normalized spacial score (nSPS) is 11.6. The van der Waals surface area contributed by atoms with Crippen molar-refractivity contribution >= 4 is 11.8 Å². The maximum absolute atomic E-state index is 12.8. The van der Waals surface area contributed by atoms with Gasteiger partial charge < -0.3 is 15.0 Å². The fourth-order valence-corrected chi connectivity index (χ4v) is 2.73. The van der Waals surface area contributed by atoms with Crippen molar-refractivity contribution in [1.29, 1.82) is 0 Å². The Balaban J connectivity index is 2.09.